The van der Waals surface area contributed by atoms with Gasteiger partial charge in [0.15, 0.2) is 11.5 Å². The Balaban J connectivity index is 1.75. The van der Waals surface area contributed by atoms with Gasteiger partial charge in [0.05, 0.1) is 14.2 Å². The van der Waals surface area contributed by atoms with Crippen LogP contribution in [-0.4, -0.2) is 20.1 Å². The second-order valence-corrected chi connectivity index (χ2v) is 6.22. The first kappa shape index (κ1) is 20.0. The van der Waals surface area contributed by atoms with Gasteiger partial charge in [-0.3, -0.25) is 4.79 Å². The van der Waals surface area contributed by atoms with Crippen LogP contribution in [0.15, 0.2) is 78.9 Å². The maximum Gasteiger partial charge on any atom is 0.248 e. The zero-order valence-electron chi connectivity index (χ0n) is 16.4. The summed E-state index contributed by atoms with van der Waals surface area (Å²) < 4.78 is 16.9. The van der Waals surface area contributed by atoms with Crippen molar-refractivity contribution in [3.63, 3.8) is 0 Å². The average molecular weight is 389 g/mol. The SMILES string of the molecule is COc1cc(C=CC(=O)Nc2ccccc2)cc(OC)c1OCc1ccccc1. The number of benzene rings is 3. The monoisotopic (exact) mass is 389 g/mol. The van der Waals surface area contributed by atoms with E-state index in [0.29, 0.717) is 23.9 Å². The summed E-state index contributed by atoms with van der Waals surface area (Å²) in [5.41, 5.74) is 2.54. The molecule has 0 unspecified atom stereocenters. The molecule has 0 aromatic heterocycles. The highest BCUT2D eigenvalue weighted by molar-refractivity contribution is 6.02. The summed E-state index contributed by atoms with van der Waals surface area (Å²) in [6.45, 7) is 0.391. The molecule has 0 fully saturated rings. The molecule has 0 heterocycles. The van der Waals surface area contributed by atoms with Gasteiger partial charge in [-0.2, -0.15) is 0 Å². The molecule has 0 radical (unpaired) electrons. The molecule has 29 heavy (non-hydrogen) atoms. The molecule has 0 aliphatic carbocycles. The Morgan fingerprint density at radius 2 is 1.48 bits per heavy atom. The number of hydrogen-bond acceptors (Lipinski definition) is 4. The van der Waals surface area contributed by atoms with Crippen molar-refractivity contribution in [3.8, 4) is 17.2 Å². The molecule has 1 N–H and O–H groups in total. The summed E-state index contributed by atoms with van der Waals surface area (Å²) in [5.74, 6) is 1.36. The number of nitrogens with one attached hydrogen (secondary N) is 1. The Kier molecular flexibility index (Phi) is 6.90. The molecular formula is C24H23NO4. The van der Waals surface area contributed by atoms with E-state index in [1.165, 1.54) is 6.08 Å². The Morgan fingerprint density at radius 1 is 0.897 bits per heavy atom. The highest BCUT2D eigenvalue weighted by Crippen LogP contribution is 2.39. The Bertz CT molecular complexity index is 944. The molecule has 0 saturated heterocycles. The molecule has 5 heteroatoms. The van der Waals surface area contributed by atoms with Crippen molar-refractivity contribution in [3.05, 3.63) is 90.0 Å². The minimum absolute atomic E-state index is 0.224. The van der Waals surface area contributed by atoms with E-state index in [4.69, 9.17) is 14.2 Å². The maximum atomic E-state index is 12.1. The number of ether oxygens (including phenoxy) is 3. The fourth-order valence-electron chi connectivity index (χ4n) is 2.75. The first-order valence-electron chi connectivity index (χ1n) is 9.16. The Labute approximate surface area is 170 Å². The van der Waals surface area contributed by atoms with E-state index in [1.807, 2.05) is 60.7 Å². The highest BCUT2D eigenvalue weighted by Gasteiger charge is 2.14. The van der Waals surface area contributed by atoms with Crippen molar-refractivity contribution in [2.75, 3.05) is 19.5 Å². The molecule has 3 aromatic rings. The zero-order chi connectivity index (χ0) is 20.5. The third-order valence-electron chi connectivity index (χ3n) is 4.18. The lowest BCUT2D eigenvalue weighted by molar-refractivity contribution is -0.111. The lowest BCUT2D eigenvalue weighted by Crippen LogP contribution is -2.07. The predicted molar refractivity (Wildman–Crippen MR) is 114 cm³/mol. The molecule has 0 spiro atoms. The van der Waals surface area contributed by atoms with Gasteiger partial charge in [-0.1, -0.05) is 48.5 Å². The quantitative estimate of drug-likeness (QED) is 0.555. The molecule has 0 aliphatic heterocycles. The van der Waals surface area contributed by atoms with E-state index in [2.05, 4.69) is 5.32 Å². The van der Waals surface area contributed by atoms with E-state index in [-0.39, 0.29) is 5.91 Å². The maximum absolute atomic E-state index is 12.1. The smallest absolute Gasteiger partial charge is 0.248 e. The van der Waals surface area contributed by atoms with Crippen molar-refractivity contribution in [2.45, 2.75) is 6.61 Å². The minimum atomic E-state index is -0.224. The second-order valence-electron chi connectivity index (χ2n) is 6.22. The summed E-state index contributed by atoms with van der Waals surface area (Å²) in [7, 11) is 3.14. The van der Waals surface area contributed by atoms with Crippen LogP contribution in [0.4, 0.5) is 5.69 Å². The van der Waals surface area contributed by atoms with Gasteiger partial charge in [0.25, 0.3) is 0 Å². The number of methoxy groups -OCH3 is 2. The number of carbonyl (C=O) groups excluding carboxylic acids is 1. The number of para-hydroxylation sites is 1. The van der Waals surface area contributed by atoms with E-state index < -0.39 is 0 Å². The molecule has 0 bridgehead atoms. The van der Waals surface area contributed by atoms with E-state index in [1.54, 1.807) is 32.4 Å². The van der Waals surface area contributed by atoms with Crippen LogP contribution in [-0.2, 0) is 11.4 Å². The first-order valence-corrected chi connectivity index (χ1v) is 9.16. The van der Waals surface area contributed by atoms with E-state index >= 15 is 0 Å². The summed E-state index contributed by atoms with van der Waals surface area (Å²) in [5, 5.41) is 2.81. The fourth-order valence-corrected chi connectivity index (χ4v) is 2.75. The zero-order valence-corrected chi connectivity index (χ0v) is 16.4. The van der Waals surface area contributed by atoms with Crippen LogP contribution >= 0.6 is 0 Å². The number of carbonyl (C=O) groups is 1. The summed E-state index contributed by atoms with van der Waals surface area (Å²) in [6.07, 6.45) is 3.16. The van der Waals surface area contributed by atoms with Crippen molar-refractivity contribution in [2.24, 2.45) is 0 Å². The van der Waals surface area contributed by atoms with Crippen LogP contribution in [0.2, 0.25) is 0 Å². The average Bonchev–Trinajstić information content (AvgIpc) is 2.77. The van der Waals surface area contributed by atoms with Crippen molar-refractivity contribution >= 4 is 17.7 Å². The molecule has 0 saturated carbocycles. The van der Waals surface area contributed by atoms with Gasteiger partial charge in [-0.15, -0.1) is 0 Å². The Hall–Kier alpha value is -3.73. The molecule has 3 rings (SSSR count). The van der Waals surface area contributed by atoms with Gasteiger partial charge < -0.3 is 19.5 Å². The van der Waals surface area contributed by atoms with Crippen LogP contribution < -0.4 is 19.5 Å². The number of rotatable bonds is 8. The summed E-state index contributed by atoms with van der Waals surface area (Å²) in [6, 6.07) is 22.7. The van der Waals surface area contributed by atoms with Crippen molar-refractivity contribution in [1.29, 1.82) is 0 Å². The molecule has 5 nitrogen and oxygen atoms in total. The number of amides is 1. The molecule has 0 aliphatic rings. The second kappa shape index (κ2) is 9.99. The van der Waals surface area contributed by atoms with Gasteiger partial charge in [0.2, 0.25) is 11.7 Å². The van der Waals surface area contributed by atoms with Crippen molar-refractivity contribution in [1.82, 2.24) is 0 Å². The van der Waals surface area contributed by atoms with Crippen LogP contribution in [0.25, 0.3) is 6.08 Å². The van der Waals surface area contributed by atoms with Crippen LogP contribution in [0.1, 0.15) is 11.1 Å². The largest absolute Gasteiger partial charge is 0.493 e. The molecule has 3 aromatic carbocycles. The Morgan fingerprint density at radius 3 is 2.07 bits per heavy atom. The van der Waals surface area contributed by atoms with E-state index in [9.17, 15) is 4.79 Å². The topological polar surface area (TPSA) is 56.8 Å². The minimum Gasteiger partial charge on any atom is -0.493 e. The molecular weight excluding hydrogens is 366 g/mol. The third kappa shape index (κ3) is 5.62. The lowest BCUT2D eigenvalue weighted by Gasteiger charge is -2.15. The number of hydrogen-bond donors (Lipinski definition) is 1. The number of anilines is 1. The van der Waals surface area contributed by atoms with Gasteiger partial charge in [0.1, 0.15) is 6.61 Å². The van der Waals surface area contributed by atoms with Crippen LogP contribution in [0.5, 0.6) is 17.2 Å². The predicted octanol–water partition coefficient (Wildman–Crippen LogP) is 4.93. The molecule has 0 atom stereocenters. The summed E-state index contributed by atoms with van der Waals surface area (Å²) in [4.78, 5) is 12.1. The third-order valence-corrected chi connectivity index (χ3v) is 4.18. The van der Waals surface area contributed by atoms with E-state index in [0.717, 1.165) is 16.8 Å². The molecule has 148 valence electrons. The highest BCUT2D eigenvalue weighted by atomic mass is 16.5. The van der Waals surface area contributed by atoms with Gasteiger partial charge in [0, 0.05) is 11.8 Å². The van der Waals surface area contributed by atoms with Crippen LogP contribution in [0, 0.1) is 0 Å². The van der Waals surface area contributed by atoms with Gasteiger partial charge in [-0.05, 0) is 41.5 Å². The van der Waals surface area contributed by atoms with Gasteiger partial charge >= 0.3 is 0 Å². The summed E-state index contributed by atoms with van der Waals surface area (Å²) >= 11 is 0. The fraction of sp³-hybridized carbons (Fsp3) is 0.125. The van der Waals surface area contributed by atoms with Gasteiger partial charge in [-0.25, -0.2) is 0 Å². The standard InChI is InChI=1S/C24H23NO4/c1-27-21-15-19(13-14-23(26)25-20-11-7-4-8-12-20)16-22(28-2)24(21)29-17-18-9-5-3-6-10-18/h3-16H,17H2,1-2H3,(H,25,26). The normalized spacial score (nSPS) is 10.6. The molecule has 1 amide bonds. The van der Waals surface area contributed by atoms with Crippen LogP contribution in [0.3, 0.4) is 0 Å². The first-order chi connectivity index (χ1) is 14.2. The lowest BCUT2D eigenvalue weighted by atomic mass is 10.1. The van der Waals surface area contributed by atoms with Crippen molar-refractivity contribution < 1.29 is 19.0 Å².